The van der Waals surface area contributed by atoms with Crippen molar-refractivity contribution in [1.82, 2.24) is 14.9 Å². The van der Waals surface area contributed by atoms with Gasteiger partial charge in [0.25, 0.3) is 5.91 Å². The molecule has 3 aromatic carbocycles. The number of rotatable bonds is 7. The van der Waals surface area contributed by atoms with Gasteiger partial charge in [-0.3, -0.25) is 4.79 Å². The molecule has 0 saturated carbocycles. The number of para-hydroxylation sites is 2. The molecule has 6 heteroatoms. The molecule has 0 saturated heterocycles. The lowest BCUT2D eigenvalue weighted by Crippen LogP contribution is -2.25. The third-order valence-electron chi connectivity index (χ3n) is 5.18. The van der Waals surface area contributed by atoms with Crippen molar-refractivity contribution in [3.8, 4) is 5.75 Å². The largest absolute Gasteiger partial charge is 0.491 e. The maximum atomic E-state index is 12.6. The topological polar surface area (TPSA) is 56.1 Å². The Morgan fingerprint density at radius 2 is 1.84 bits per heavy atom. The van der Waals surface area contributed by atoms with Crippen molar-refractivity contribution >= 4 is 28.5 Å². The predicted octanol–water partition coefficient (Wildman–Crippen LogP) is 5.32. The second kappa shape index (κ2) is 9.23. The van der Waals surface area contributed by atoms with E-state index in [1.807, 2.05) is 37.3 Å². The molecular weight excluding hydrogens is 410 g/mol. The number of fused-ring (bicyclic) bond motifs is 1. The molecule has 0 aliphatic carbocycles. The maximum Gasteiger partial charge on any atom is 0.253 e. The molecule has 158 valence electrons. The number of imidazole rings is 1. The van der Waals surface area contributed by atoms with Gasteiger partial charge >= 0.3 is 0 Å². The predicted molar refractivity (Wildman–Crippen MR) is 124 cm³/mol. The number of carbonyl (C=O) groups is 1. The van der Waals surface area contributed by atoms with Crippen molar-refractivity contribution < 1.29 is 9.53 Å². The van der Waals surface area contributed by atoms with Crippen LogP contribution in [0.4, 0.5) is 0 Å². The number of benzene rings is 3. The van der Waals surface area contributed by atoms with Gasteiger partial charge in [-0.2, -0.15) is 0 Å². The third kappa shape index (κ3) is 4.72. The van der Waals surface area contributed by atoms with E-state index in [4.69, 9.17) is 21.3 Å². The monoisotopic (exact) mass is 433 g/mol. The standard InChI is InChI=1S/C25H24ClN3O2/c1-17-11-12-18(2)23(15-17)31-14-13-29-22-10-6-5-9-21(22)28-24(29)16-27-25(30)19-7-3-4-8-20(19)26/h3-12,15H,13-14,16H2,1-2H3,(H,27,30). The first-order chi connectivity index (χ1) is 15.0. The molecule has 0 bridgehead atoms. The Hall–Kier alpha value is -3.31. The summed E-state index contributed by atoms with van der Waals surface area (Å²) in [6.07, 6.45) is 0. The molecule has 1 aromatic heterocycles. The van der Waals surface area contributed by atoms with Crippen molar-refractivity contribution in [2.45, 2.75) is 26.9 Å². The fraction of sp³-hybridized carbons (Fsp3) is 0.200. The fourth-order valence-corrected chi connectivity index (χ4v) is 3.74. The van der Waals surface area contributed by atoms with E-state index in [2.05, 4.69) is 28.9 Å². The average Bonchev–Trinajstić information content (AvgIpc) is 3.12. The van der Waals surface area contributed by atoms with Crippen LogP contribution in [0.2, 0.25) is 5.02 Å². The molecule has 0 radical (unpaired) electrons. The zero-order valence-corrected chi connectivity index (χ0v) is 18.3. The van der Waals surface area contributed by atoms with Crippen LogP contribution in [-0.4, -0.2) is 22.1 Å². The second-order valence-corrected chi connectivity index (χ2v) is 7.86. The van der Waals surface area contributed by atoms with Gasteiger partial charge in [0.15, 0.2) is 0 Å². The van der Waals surface area contributed by atoms with Crippen LogP contribution in [0.15, 0.2) is 66.7 Å². The van der Waals surface area contributed by atoms with Crippen LogP contribution in [0.25, 0.3) is 11.0 Å². The molecule has 1 heterocycles. The van der Waals surface area contributed by atoms with E-state index in [-0.39, 0.29) is 5.91 Å². The van der Waals surface area contributed by atoms with E-state index in [1.165, 1.54) is 0 Å². The summed E-state index contributed by atoms with van der Waals surface area (Å²) < 4.78 is 8.14. The fourth-order valence-electron chi connectivity index (χ4n) is 3.52. The molecule has 5 nitrogen and oxygen atoms in total. The number of ether oxygens (including phenoxy) is 1. The SMILES string of the molecule is Cc1ccc(C)c(OCCn2c(CNC(=O)c3ccccc3Cl)nc3ccccc32)c1. The van der Waals surface area contributed by atoms with Crippen LogP contribution >= 0.6 is 11.6 Å². The minimum atomic E-state index is -0.226. The van der Waals surface area contributed by atoms with Gasteiger partial charge in [0, 0.05) is 0 Å². The normalized spacial score (nSPS) is 10.9. The lowest BCUT2D eigenvalue weighted by Gasteiger charge is -2.13. The number of halogens is 1. The lowest BCUT2D eigenvalue weighted by atomic mass is 10.1. The highest BCUT2D eigenvalue weighted by Gasteiger charge is 2.14. The average molecular weight is 434 g/mol. The molecule has 1 N–H and O–H groups in total. The summed E-state index contributed by atoms with van der Waals surface area (Å²) in [5, 5.41) is 3.36. The highest BCUT2D eigenvalue weighted by Crippen LogP contribution is 2.21. The maximum absolute atomic E-state index is 12.6. The summed E-state index contributed by atoms with van der Waals surface area (Å²) in [5.41, 5.74) is 4.61. The first kappa shape index (κ1) is 20.9. The van der Waals surface area contributed by atoms with Crippen LogP contribution in [0.1, 0.15) is 27.3 Å². The molecule has 0 aliphatic rings. The van der Waals surface area contributed by atoms with Crippen LogP contribution in [-0.2, 0) is 13.1 Å². The Bertz CT molecular complexity index is 1230. The second-order valence-electron chi connectivity index (χ2n) is 7.45. The van der Waals surface area contributed by atoms with Crippen molar-refractivity contribution in [3.63, 3.8) is 0 Å². The van der Waals surface area contributed by atoms with Gasteiger partial charge < -0.3 is 14.6 Å². The Morgan fingerprint density at radius 3 is 2.68 bits per heavy atom. The number of hydrogen-bond donors (Lipinski definition) is 1. The summed E-state index contributed by atoms with van der Waals surface area (Å²) in [4.78, 5) is 17.3. The summed E-state index contributed by atoms with van der Waals surface area (Å²) >= 11 is 6.15. The van der Waals surface area contributed by atoms with E-state index in [1.54, 1.807) is 24.3 Å². The van der Waals surface area contributed by atoms with Crippen molar-refractivity contribution in [1.29, 1.82) is 0 Å². The van der Waals surface area contributed by atoms with E-state index in [9.17, 15) is 4.79 Å². The lowest BCUT2D eigenvalue weighted by molar-refractivity contribution is 0.0949. The van der Waals surface area contributed by atoms with Gasteiger partial charge in [0.2, 0.25) is 0 Å². The summed E-state index contributed by atoms with van der Waals surface area (Å²) in [6.45, 7) is 5.50. The highest BCUT2D eigenvalue weighted by molar-refractivity contribution is 6.33. The summed E-state index contributed by atoms with van der Waals surface area (Å²) in [6, 6.07) is 21.1. The smallest absolute Gasteiger partial charge is 0.253 e. The van der Waals surface area contributed by atoms with Crippen LogP contribution in [0, 0.1) is 13.8 Å². The van der Waals surface area contributed by atoms with Gasteiger partial charge in [-0.25, -0.2) is 4.98 Å². The molecule has 0 spiro atoms. The number of aromatic nitrogens is 2. The Balaban J connectivity index is 1.51. The zero-order chi connectivity index (χ0) is 21.8. The van der Waals surface area contributed by atoms with E-state index in [0.717, 1.165) is 33.7 Å². The van der Waals surface area contributed by atoms with Crippen molar-refractivity contribution in [2.24, 2.45) is 0 Å². The van der Waals surface area contributed by atoms with Gasteiger partial charge in [0.1, 0.15) is 18.2 Å². The van der Waals surface area contributed by atoms with Gasteiger partial charge in [-0.05, 0) is 55.3 Å². The van der Waals surface area contributed by atoms with E-state index < -0.39 is 0 Å². The Morgan fingerprint density at radius 1 is 1.06 bits per heavy atom. The first-order valence-corrected chi connectivity index (χ1v) is 10.6. The molecule has 0 aliphatic heterocycles. The minimum absolute atomic E-state index is 0.226. The van der Waals surface area contributed by atoms with Crippen LogP contribution in [0.5, 0.6) is 5.75 Å². The number of nitrogens with zero attached hydrogens (tertiary/aromatic N) is 2. The molecule has 4 aromatic rings. The molecule has 0 fully saturated rings. The van der Waals surface area contributed by atoms with E-state index >= 15 is 0 Å². The van der Waals surface area contributed by atoms with Crippen LogP contribution in [0.3, 0.4) is 0 Å². The summed E-state index contributed by atoms with van der Waals surface area (Å²) in [5.74, 6) is 1.43. The van der Waals surface area contributed by atoms with E-state index in [0.29, 0.717) is 30.3 Å². The first-order valence-electron chi connectivity index (χ1n) is 10.2. The molecule has 0 unspecified atom stereocenters. The number of carbonyl (C=O) groups excluding carboxylic acids is 1. The molecule has 4 rings (SSSR count). The number of amides is 1. The molecule has 0 atom stereocenters. The molecule has 31 heavy (non-hydrogen) atoms. The van der Waals surface area contributed by atoms with Gasteiger partial charge in [-0.1, -0.05) is 48.0 Å². The quantitative estimate of drug-likeness (QED) is 0.429. The van der Waals surface area contributed by atoms with Crippen molar-refractivity contribution in [3.05, 3.63) is 94.3 Å². The minimum Gasteiger partial charge on any atom is -0.491 e. The van der Waals surface area contributed by atoms with Crippen LogP contribution < -0.4 is 10.1 Å². The number of nitrogens with one attached hydrogen (secondary N) is 1. The summed E-state index contributed by atoms with van der Waals surface area (Å²) in [7, 11) is 0. The Labute approximate surface area is 186 Å². The Kier molecular flexibility index (Phi) is 6.23. The van der Waals surface area contributed by atoms with Gasteiger partial charge in [-0.15, -0.1) is 0 Å². The van der Waals surface area contributed by atoms with Crippen molar-refractivity contribution in [2.75, 3.05) is 6.61 Å². The number of aryl methyl sites for hydroxylation is 2. The zero-order valence-electron chi connectivity index (χ0n) is 17.6. The molecular formula is C25H24ClN3O2. The highest BCUT2D eigenvalue weighted by atomic mass is 35.5. The third-order valence-corrected chi connectivity index (χ3v) is 5.50. The molecule has 1 amide bonds. The van der Waals surface area contributed by atoms with Gasteiger partial charge in [0.05, 0.1) is 34.7 Å². The number of hydrogen-bond acceptors (Lipinski definition) is 3.